The van der Waals surface area contributed by atoms with Gasteiger partial charge in [-0.1, -0.05) is 12.1 Å². The van der Waals surface area contributed by atoms with Gasteiger partial charge in [0.2, 0.25) is 0 Å². The largest absolute Gasteiger partial charge is 0.493 e. The Morgan fingerprint density at radius 1 is 1.15 bits per heavy atom. The molecule has 104 valence electrons. The third-order valence-electron chi connectivity index (χ3n) is 2.50. The minimum absolute atomic E-state index is 0.0402. The van der Waals surface area contributed by atoms with E-state index in [1.807, 2.05) is 0 Å². The SMILES string of the molecule is COC(=O)c1cc(OC)c(Oc2ccccc2F)cn1. The number of nitrogens with zero attached hydrogens (tertiary/aromatic N) is 1. The van der Waals surface area contributed by atoms with Crippen LogP contribution in [0.5, 0.6) is 17.2 Å². The molecule has 0 aliphatic carbocycles. The van der Waals surface area contributed by atoms with Crippen LogP contribution in [-0.4, -0.2) is 25.2 Å². The summed E-state index contributed by atoms with van der Waals surface area (Å²) in [5, 5.41) is 0. The van der Waals surface area contributed by atoms with Gasteiger partial charge in [0.15, 0.2) is 28.8 Å². The lowest BCUT2D eigenvalue weighted by Crippen LogP contribution is -2.05. The number of methoxy groups -OCH3 is 2. The van der Waals surface area contributed by atoms with Crippen molar-refractivity contribution < 1.29 is 23.4 Å². The van der Waals surface area contributed by atoms with Gasteiger partial charge in [-0.2, -0.15) is 0 Å². The van der Waals surface area contributed by atoms with Crippen LogP contribution in [0.25, 0.3) is 0 Å². The molecule has 2 rings (SSSR count). The third-order valence-corrected chi connectivity index (χ3v) is 2.50. The van der Waals surface area contributed by atoms with E-state index in [1.54, 1.807) is 12.1 Å². The fourth-order valence-corrected chi connectivity index (χ4v) is 1.52. The average molecular weight is 277 g/mol. The van der Waals surface area contributed by atoms with Gasteiger partial charge in [0, 0.05) is 6.07 Å². The molecule has 0 aliphatic rings. The number of benzene rings is 1. The zero-order valence-corrected chi connectivity index (χ0v) is 10.9. The summed E-state index contributed by atoms with van der Waals surface area (Å²) in [6.45, 7) is 0. The average Bonchev–Trinajstić information content (AvgIpc) is 2.49. The molecule has 5 nitrogen and oxygen atoms in total. The van der Waals surface area contributed by atoms with E-state index in [0.717, 1.165) is 0 Å². The van der Waals surface area contributed by atoms with Gasteiger partial charge in [-0.3, -0.25) is 0 Å². The second-order valence-electron chi connectivity index (χ2n) is 3.74. The summed E-state index contributed by atoms with van der Waals surface area (Å²) in [6.07, 6.45) is 1.28. The predicted molar refractivity (Wildman–Crippen MR) is 68.6 cm³/mol. The first kappa shape index (κ1) is 13.8. The summed E-state index contributed by atoms with van der Waals surface area (Å²) in [4.78, 5) is 15.2. The number of carbonyl (C=O) groups excluding carboxylic acids is 1. The first-order valence-electron chi connectivity index (χ1n) is 5.70. The molecule has 1 aromatic heterocycles. The van der Waals surface area contributed by atoms with Crippen LogP contribution in [0.4, 0.5) is 4.39 Å². The quantitative estimate of drug-likeness (QED) is 0.804. The molecule has 20 heavy (non-hydrogen) atoms. The Morgan fingerprint density at radius 2 is 1.90 bits per heavy atom. The van der Waals surface area contributed by atoms with E-state index < -0.39 is 11.8 Å². The van der Waals surface area contributed by atoms with Gasteiger partial charge in [0.05, 0.1) is 20.4 Å². The number of halogens is 1. The van der Waals surface area contributed by atoms with Crippen LogP contribution in [0.3, 0.4) is 0 Å². The molecule has 1 heterocycles. The maximum absolute atomic E-state index is 13.5. The number of pyridine rings is 1. The number of rotatable bonds is 4. The van der Waals surface area contributed by atoms with E-state index in [2.05, 4.69) is 9.72 Å². The number of hydrogen-bond donors (Lipinski definition) is 0. The summed E-state index contributed by atoms with van der Waals surface area (Å²) in [5.41, 5.74) is 0.0743. The first-order chi connectivity index (χ1) is 9.65. The molecule has 0 bridgehead atoms. The molecular formula is C14H12FNO4. The van der Waals surface area contributed by atoms with Crippen LogP contribution >= 0.6 is 0 Å². The molecule has 1 aromatic carbocycles. The van der Waals surface area contributed by atoms with E-state index in [9.17, 15) is 9.18 Å². The summed E-state index contributed by atoms with van der Waals surface area (Å²) >= 11 is 0. The second-order valence-corrected chi connectivity index (χ2v) is 3.74. The highest BCUT2D eigenvalue weighted by molar-refractivity contribution is 5.87. The lowest BCUT2D eigenvalue weighted by atomic mass is 10.3. The molecule has 0 radical (unpaired) electrons. The van der Waals surface area contributed by atoms with Gasteiger partial charge < -0.3 is 14.2 Å². The molecule has 0 N–H and O–H groups in total. The van der Waals surface area contributed by atoms with Gasteiger partial charge in [0.25, 0.3) is 0 Å². The van der Waals surface area contributed by atoms with Crippen LogP contribution in [0.2, 0.25) is 0 Å². The standard InChI is InChI=1S/C14H12FNO4/c1-18-12-7-10(14(17)19-2)16-8-13(12)20-11-6-4-3-5-9(11)15/h3-8H,1-2H3. The molecule has 0 unspecified atom stereocenters. The number of esters is 1. The van der Waals surface area contributed by atoms with Crippen LogP contribution in [-0.2, 0) is 4.74 Å². The van der Waals surface area contributed by atoms with Gasteiger partial charge in [0.1, 0.15) is 0 Å². The fraction of sp³-hybridized carbons (Fsp3) is 0.143. The molecule has 0 saturated heterocycles. The van der Waals surface area contributed by atoms with Crippen LogP contribution in [0.1, 0.15) is 10.5 Å². The number of aromatic nitrogens is 1. The molecule has 0 aliphatic heterocycles. The van der Waals surface area contributed by atoms with Crippen molar-refractivity contribution in [3.8, 4) is 17.2 Å². The molecular weight excluding hydrogens is 265 g/mol. The summed E-state index contributed by atoms with van der Waals surface area (Å²) in [6, 6.07) is 7.31. The van der Waals surface area contributed by atoms with Crippen molar-refractivity contribution in [3.05, 3.63) is 48.0 Å². The van der Waals surface area contributed by atoms with E-state index >= 15 is 0 Å². The van der Waals surface area contributed by atoms with Gasteiger partial charge in [-0.15, -0.1) is 0 Å². The number of para-hydroxylation sites is 1. The monoisotopic (exact) mass is 277 g/mol. The fourth-order valence-electron chi connectivity index (χ4n) is 1.52. The van der Waals surface area contributed by atoms with Crippen molar-refractivity contribution in [2.45, 2.75) is 0 Å². The molecule has 0 fully saturated rings. The summed E-state index contributed by atoms with van der Waals surface area (Å²) < 4.78 is 28.6. The normalized spacial score (nSPS) is 9.95. The first-order valence-corrected chi connectivity index (χ1v) is 5.70. The Kier molecular flexibility index (Phi) is 4.14. The van der Waals surface area contributed by atoms with Gasteiger partial charge in [-0.25, -0.2) is 14.2 Å². The number of carbonyl (C=O) groups is 1. The maximum atomic E-state index is 13.5. The van der Waals surface area contributed by atoms with E-state index in [0.29, 0.717) is 0 Å². The van der Waals surface area contributed by atoms with E-state index in [4.69, 9.17) is 9.47 Å². The van der Waals surface area contributed by atoms with Crippen molar-refractivity contribution in [1.82, 2.24) is 4.98 Å². The zero-order valence-electron chi connectivity index (χ0n) is 10.9. The van der Waals surface area contributed by atoms with E-state index in [1.165, 1.54) is 38.6 Å². The van der Waals surface area contributed by atoms with Crippen molar-refractivity contribution in [3.63, 3.8) is 0 Å². The molecule has 0 amide bonds. The molecule has 0 spiro atoms. The van der Waals surface area contributed by atoms with Crippen molar-refractivity contribution >= 4 is 5.97 Å². The smallest absolute Gasteiger partial charge is 0.356 e. The van der Waals surface area contributed by atoms with Crippen LogP contribution in [0.15, 0.2) is 36.5 Å². The van der Waals surface area contributed by atoms with Crippen molar-refractivity contribution in [1.29, 1.82) is 0 Å². The van der Waals surface area contributed by atoms with Crippen molar-refractivity contribution in [2.24, 2.45) is 0 Å². The highest BCUT2D eigenvalue weighted by Gasteiger charge is 2.14. The summed E-state index contributed by atoms with van der Waals surface area (Å²) in [5.74, 6) is -0.611. The van der Waals surface area contributed by atoms with Crippen LogP contribution < -0.4 is 9.47 Å². The maximum Gasteiger partial charge on any atom is 0.356 e. The minimum Gasteiger partial charge on any atom is -0.493 e. The molecule has 6 heteroatoms. The lowest BCUT2D eigenvalue weighted by molar-refractivity contribution is 0.0593. The highest BCUT2D eigenvalue weighted by Crippen LogP contribution is 2.32. The van der Waals surface area contributed by atoms with Crippen LogP contribution in [0, 0.1) is 5.82 Å². The Balaban J connectivity index is 2.33. The Labute approximate surface area is 114 Å². The third kappa shape index (κ3) is 2.85. The predicted octanol–water partition coefficient (Wildman–Crippen LogP) is 2.81. The minimum atomic E-state index is -0.597. The highest BCUT2D eigenvalue weighted by atomic mass is 19.1. The second kappa shape index (κ2) is 6.01. The zero-order chi connectivity index (χ0) is 14.5. The molecule has 0 saturated carbocycles. The molecule has 0 atom stereocenters. The number of ether oxygens (including phenoxy) is 3. The Morgan fingerprint density at radius 3 is 2.55 bits per heavy atom. The van der Waals surface area contributed by atoms with Gasteiger partial charge in [-0.05, 0) is 12.1 Å². The Hall–Kier alpha value is -2.63. The number of hydrogen-bond acceptors (Lipinski definition) is 5. The van der Waals surface area contributed by atoms with Gasteiger partial charge >= 0.3 is 5.97 Å². The van der Waals surface area contributed by atoms with Crippen molar-refractivity contribution in [2.75, 3.05) is 14.2 Å². The topological polar surface area (TPSA) is 57.7 Å². The Bertz CT molecular complexity index is 630. The lowest BCUT2D eigenvalue weighted by Gasteiger charge is -2.11. The molecule has 2 aromatic rings. The summed E-state index contributed by atoms with van der Waals surface area (Å²) in [7, 11) is 2.66. The van der Waals surface area contributed by atoms with E-state index in [-0.39, 0.29) is 22.9 Å².